The molecule has 104 valence electrons. The molecule has 0 aliphatic carbocycles. The van der Waals surface area contributed by atoms with Crippen LogP contribution in [0.5, 0.6) is 0 Å². The fourth-order valence-electron chi connectivity index (χ4n) is 2.77. The van der Waals surface area contributed by atoms with Gasteiger partial charge in [0, 0.05) is 17.1 Å². The van der Waals surface area contributed by atoms with Crippen molar-refractivity contribution in [1.82, 2.24) is 4.98 Å². The van der Waals surface area contributed by atoms with Crippen LogP contribution in [0.25, 0.3) is 0 Å². The van der Waals surface area contributed by atoms with Crippen molar-refractivity contribution < 1.29 is 0 Å². The van der Waals surface area contributed by atoms with Crippen LogP contribution in [0, 0.1) is 12.3 Å². The van der Waals surface area contributed by atoms with E-state index in [0.29, 0.717) is 0 Å². The van der Waals surface area contributed by atoms with Gasteiger partial charge in [0.15, 0.2) is 0 Å². The summed E-state index contributed by atoms with van der Waals surface area (Å²) in [6.07, 6.45) is 1.03. The number of anilines is 1. The van der Waals surface area contributed by atoms with Crippen LogP contribution < -0.4 is 10.6 Å². The number of nitrogens with zero attached hydrogens (tertiary/aromatic N) is 2. The molecule has 2 aromatic rings. The lowest BCUT2D eigenvalue weighted by Gasteiger charge is -2.35. The molecule has 0 saturated carbocycles. The second-order valence-corrected chi connectivity index (χ2v) is 6.16. The van der Waals surface area contributed by atoms with Gasteiger partial charge in [0.1, 0.15) is 11.7 Å². The van der Waals surface area contributed by atoms with Crippen molar-refractivity contribution in [2.45, 2.75) is 26.3 Å². The molecule has 1 aliphatic heterocycles. The third kappa shape index (κ3) is 2.08. The number of fused-ring (bicyclic) bond motifs is 1. The molecule has 0 radical (unpaired) electrons. The molecule has 0 amide bonds. The van der Waals surface area contributed by atoms with E-state index in [2.05, 4.69) is 28.3 Å². The number of nitrogens with two attached hydrogens (primary N) is 1. The van der Waals surface area contributed by atoms with Crippen molar-refractivity contribution >= 4 is 23.0 Å². The Labute approximate surface area is 122 Å². The first kappa shape index (κ1) is 13.1. The van der Waals surface area contributed by atoms with Crippen molar-refractivity contribution in [1.29, 1.82) is 5.41 Å². The second kappa shape index (κ2) is 4.90. The van der Waals surface area contributed by atoms with E-state index in [1.165, 1.54) is 10.4 Å². The lowest BCUT2D eigenvalue weighted by atomic mass is 10.0. The minimum atomic E-state index is 0.0795. The topological polar surface area (TPSA) is 66.0 Å². The third-order valence-electron chi connectivity index (χ3n) is 3.85. The van der Waals surface area contributed by atoms with E-state index >= 15 is 0 Å². The molecule has 5 heteroatoms. The van der Waals surface area contributed by atoms with Crippen molar-refractivity contribution in [3.05, 3.63) is 45.3 Å². The number of thiophene rings is 1. The average Bonchev–Trinajstić information content (AvgIpc) is 2.88. The van der Waals surface area contributed by atoms with Crippen LogP contribution in [0.3, 0.4) is 0 Å². The normalized spacial score (nSPS) is 17.9. The highest BCUT2D eigenvalue weighted by Gasteiger charge is 2.27. The van der Waals surface area contributed by atoms with Gasteiger partial charge in [-0.15, -0.1) is 11.3 Å². The number of hydrogen-bond donors (Lipinski definition) is 2. The number of nitrogen functional groups attached to an aromatic ring is 1. The summed E-state index contributed by atoms with van der Waals surface area (Å²) in [5, 5.41) is 9.91. The van der Waals surface area contributed by atoms with Gasteiger partial charge < -0.3 is 10.6 Å². The summed E-state index contributed by atoms with van der Waals surface area (Å²) in [6, 6.07) is 6.28. The van der Waals surface area contributed by atoms with Gasteiger partial charge in [0.05, 0.1) is 11.6 Å². The van der Waals surface area contributed by atoms with E-state index in [9.17, 15) is 0 Å². The molecule has 1 unspecified atom stereocenters. The summed E-state index contributed by atoms with van der Waals surface area (Å²) >= 11 is 1.83. The van der Waals surface area contributed by atoms with E-state index < -0.39 is 0 Å². The molecular weight excluding hydrogens is 268 g/mol. The number of amidine groups is 1. The molecule has 3 heterocycles. The van der Waals surface area contributed by atoms with Crippen molar-refractivity contribution in [3.8, 4) is 0 Å². The first-order chi connectivity index (χ1) is 9.58. The molecule has 1 aliphatic rings. The zero-order chi connectivity index (χ0) is 14.3. The van der Waals surface area contributed by atoms with Gasteiger partial charge >= 0.3 is 0 Å². The second-order valence-electron chi connectivity index (χ2n) is 5.16. The largest absolute Gasteiger partial charge is 0.384 e. The number of hydrogen-bond acceptors (Lipinski definition) is 4. The Hall–Kier alpha value is -1.88. The van der Waals surface area contributed by atoms with Gasteiger partial charge in [-0.2, -0.15) is 0 Å². The fourth-order valence-corrected chi connectivity index (χ4v) is 3.73. The predicted octanol–water partition coefficient (Wildman–Crippen LogP) is 2.86. The average molecular weight is 286 g/mol. The SMILES string of the molecule is Cc1ccc(C(=N)N)c(N2CCc3sccc3C2C)n1. The molecular formula is C15H18N4S. The van der Waals surface area contributed by atoms with Gasteiger partial charge in [0.2, 0.25) is 0 Å². The predicted molar refractivity (Wildman–Crippen MR) is 83.8 cm³/mol. The van der Waals surface area contributed by atoms with Gasteiger partial charge in [-0.25, -0.2) is 4.98 Å². The Balaban J connectivity index is 2.06. The molecule has 20 heavy (non-hydrogen) atoms. The Morgan fingerprint density at radius 3 is 3.00 bits per heavy atom. The Bertz CT molecular complexity index is 662. The molecule has 3 rings (SSSR count). The monoisotopic (exact) mass is 286 g/mol. The molecule has 4 nitrogen and oxygen atoms in total. The molecule has 0 bridgehead atoms. The van der Waals surface area contributed by atoms with Crippen LogP contribution in [0.4, 0.5) is 5.82 Å². The highest BCUT2D eigenvalue weighted by Crippen LogP contribution is 2.36. The molecule has 1 atom stereocenters. The van der Waals surface area contributed by atoms with Crippen molar-refractivity contribution in [2.24, 2.45) is 5.73 Å². The van der Waals surface area contributed by atoms with Crippen LogP contribution in [0.1, 0.15) is 34.7 Å². The Morgan fingerprint density at radius 2 is 2.25 bits per heavy atom. The summed E-state index contributed by atoms with van der Waals surface area (Å²) in [6.45, 7) is 5.09. The fraction of sp³-hybridized carbons (Fsp3) is 0.333. The molecule has 0 saturated heterocycles. The maximum Gasteiger partial charge on any atom is 0.140 e. The summed E-state index contributed by atoms with van der Waals surface area (Å²) in [5.41, 5.74) is 8.76. The third-order valence-corrected chi connectivity index (χ3v) is 4.85. The standard InChI is InChI=1S/C15H18N4S/c1-9-3-4-12(14(16)17)15(18-9)19-7-5-13-11(10(19)2)6-8-20-13/h3-4,6,8,10H,5,7H2,1-2H3,(H3,16,17). The van der Waals surface area contributed by atoms with Gasteiger partial charge in [-0.3, -0.25) is 5.41 Å². The number of aromatic nitrogens is 1. The number of nitrogens with one attached hydrogen (secondary N) is 1. The van der Waals surface area contributed by atoms with E-state index in [0.717, 1.165) is 30.0 Å². The quantitative estimate of drug-likeness (QED) is 0.659. The Kier molecular flexibility index (Phi) is 3.22. The first-order valence-corrected chi connectivity index (χ1v) is 7.61. The molecule has 2 aromatic heterocycles. The van der Waals surface area contributed by atoms with Crippen LogP contribution in [-0.4, -0.2) is 17.4 Å². The van der Waals surface area contributed by atoms with Gasteiger partial charge in [0.25, 0.3) is 0 Å². The first-order valence-electron chi connectivity index (χ1n) is 6.73. The van der Waals surface area contributed by atoms with Crippen molar-refractivity contribution in [2.75, 3.05) is 11.4 Å². The summed E-state index contributed by atoms with van der Waals surface area (Å²) < 4.78 is 0. The zero-order valence-corrected chi connectivity index (χ0v) is 12.5. The van der Waals surface area contributed by atoms with Gasteiger partial charge in [-0.1, -0.05) is 0 Å². The van der Waals surface area contributed by atoms with Crippen LogP contribution >= 0.6 is 11.3 Å². The highest BCUT2D eigenvalue weighted by atomic mass is 32.1. The van der Waals surface area contributed by atoms with E-state index in [-0.39, 0.29) is 11.9 Å². The number of pyridine rings is 1. The summed E-state index contributed by atoms with van der Waals surface area (Å²) in [7, 11) is 0. The number of rotatable bonds is 2. The minimum Gasteiger partial charge on any atom is -0.384 e. The maximum atomic E-state index is 7.76. The zero-order valence-electron chi connectivity index (χ0n) is 11.7. The molecule has 0 fully saturated rings. The lowest BCUT2D eigenvalue weighted by Crippen LogP contribution is -2.35. The Morgan fingerprint density at radius 1 is 1.45 bits per heavy atom. The molecule has 0 spiro atoms. The minimum absolute atomic E-state index is 0.0795. The smallest absolute Gasteiger partial charge is 0.140 e. The van der Waals surface area contributed by atoms with E-state index in [1.54, 1.807) is 0 Å². The summed E-state index contributed by atoms with van der Waals surface area (Å²) in [5.74, 6) is 0.915. The van der Waals surface area contributed by atoms with Crippen LogP contribution in [-0.2, 0) is 6.42 Å². The highest BCUT2D eigenvalue weighted by molar-refractivity contribution is 7.10. The van der Waals surface area contributed by atoms with Crippen LogP contribution in [0.2, 0.25) is 0 Å². The van der Waals surface area contributed by atoms with Crippen LogP contribution in [0.15, 0.2) is 23.6 Å². The lowest BCUT2D eigenvalue weighted by molar-refractivity contribution is 0.623. The van der Waals surface area contributed by atoms with E-state index in [4.69, 9.17) is 11.1 Å². The van der Waals surface area contributed by atoms with Gasteiger partial charge in [-0.05, 0) is 49.4 Å². The van der Waals surface area contributed by atoms with E-state index in [1.807, 2.05) is 30.4 Å². The maximum absolute atomic E-state index is 7.76. The molecule has 0 aromatic carbocycles. The molecule has 3 N–H and O–H groups in total. The van der Waals surface area contributed by atoms with Crippen molar-refractivity contribution in [3.63, 3.8) is 0 Å². The number of aryl methyl sites for hydroxylation is 1. The summed E-state index contributed by atoms with van der Waals surface area (Å²) in [4.78, 5) is 8.36.